The summed E-state index contributed by atoms with van der Waals surface area (Å²) in [6.07, 6.45) is 5.59. The summed E-state index contributed by atoms with van der Waals surface area (Å²) in [5.41, 5.74) is 3.77. The molecule has 29 heavy (non-hydrogen) atoms. The van der Waals surface area contributed by atoms with E-state index in [0.717, 1.165) is 44.9 Å². The molecule has 4 heterocycles. The second kappa shape index (κ2) is 8.05. The maximum Gasteiger partial charge on any atom is 0.178 e. The first-order chi connectivity index (χ1) is 14.1. The van der Waals surface area contributed by atoms with Crippen LogP contribution in [0.2, 0.25) is 0 Å². The highest BCUT2D eigenvalue weighted by Gasteiger charge is 2.18. The smallest absolute Gasteiger partial charge is 0.178 e. The summed E-state index contributed by atoms with van der Waals surface area (Å²) in [4.78, 5) is 31.3. The maximum atomic E-state index is 11.7. The largest absolute Gasteiger partial charge is 0.325 e. The quantitative estimate of drug-likeness (QED) is 0.263. The molecule has 0 aliphatic heterocycles. The number of hydrazone groups is 1. The van der Waals surface area contributed by atoms with Crippen LogP contribution >= 0.6 is 22.7 Å². The monoisotopic (exact) mass is 427 g/mol. The van der Waals surface area contributed by atoms with Crippen molar-refractivity contribution in [2.75, 3.05) is 7.05 Å². The third kappa shape index (κ3) is 3.87. The van der Waals surface area contributed by atoms with Gasteiger partial charge in [-0.05, 0) is 6.07 Å². The summed E-state index contributed by atoms with van der Waals surface area (Å²) in [5.74, 6) is 0. The molecule has 0 atom stereocenters. The van der Waals surface area contributed by atoms with Crippen LogP contribution in [-0.2, 0) is 20.0 Å². The number of carbonyl (C=O) groups excluding carboxylic acids is 2. The summed E-state index contributed by atoms with van der Waals surface area (Å²) in [5, 5.41) is 16.3. The van der Waals surface area contributed by atoms with Crippen LogP contribution in [0.3, 0.4) is 0 Å². The minimum absolute atomic E-state index is 0.444. The molecule has 0 unspecified atom stereocenters. The van der Waals surface area contributed by atoms with Gasteiger partial charge in [0.2, 0.25) is 0 Å². The van der Waals surface area contributed by atoms with Crippen molar-refractivity contribution in [3.8, 4) is 0 Å². The number of hydrogen-bond donors (Lipinski definition) is 1. The Labute approximate surface area is 173 Å². The van der Waals surface area contributed by atoms with E-state index in [2.05, 4.69) is 25.3 Å². The fraction of sp³-hybridized carbons (Fsp3) is 0.222. The maximum absolute atomic E-state index is 11.7. The highest BCUT2D eigenvalue weighted by Crippen LogP contribution is 2.30. The van der Waals surface area contributed by atoms with Crippen molar-refractivity contribution < 1.29 is 9.59 Å². The fourth-order valence-electron chi connectivity index (χ4n) is 2.94. The van der Waals surface area contributed by atoms with Gasteiger partial charge in [0.15, 0.2) is 23.2 Å². The summed E-state index contributed by atoms with van der Waals surface area (Å²) in [6.45, 7) is 0.459. The van der Waals surface area contributed by atoms with Crippen molar-refractivity contribution in [3.05, 3.63) is 50.3 Å². The molecule has 0 saturated carbocycles. The zero-order valence-corrected chi connectivity index (χ0v) is 17.3. The van der Waals surface area contributed by atoms with Gasteiger partial charge in [0.1, 0.15) is 5.01 Å². The van der Waals surface area contributed by atoms with E-state index >= 15 is 0 Å². The molecular weight excluding hydrogens is 410 g/mol. The molecule has 11 heteroatoms. The first kappa shape index (κ1) is 19.2. The Morgan fingerprint density at radius 3 is 2.86 bits per heavy atom. The van der Waals surface area contributed by atoms with Crippen molar-refractivity contribution in [2.24, 2.45) is 12.1 Å². The van der Waals surface area contributed by atoms with Crippen LogP contribution in [0.5, 0.6) is 0 Å². The van der Waals surface area contributed by atoms with Crippen molar-refractivity contribution >= 4 is 51.8 Å². The first-order valence-electron chi connectivity index (χ1n) is 8.65. The van der Waals surface area contributed by atoms with E-state index in [0.29, 0.717) is 23.7 Å². The number of thiazole rings is 2. The summed E-state index contributed by atoms with van der Waals surface area (Å²) in [6, 6.07) is 1.91. The average molecular weight is 428 g/mol. The molecule has 0 spiro atoms. The van der Waals surface area contributed by atoms with Crippen LogP contribution in [0, 0.1) is 0 Å². The molecule has 0 aromatic carbocycles. The Hall–Kier alpha value is -3.18. The molecular formula is C18H17N7O2S2. The zero-order valence-electron chi connectivity index (χ0n) is 15.7. The number of nitrogens with one attached hydrogen (secondary N) is 1. The molecule has 0 fully saturated rings. The fourth-order valence-corrected chi connectivity index (χ4v) is 4.68. The molecule has 0 bridgehead atoms. The number of fused-ring (bicyclic) bond motifs is 1. The van der Waals surface area contributed by atoms with Gasteiger partial charge in [0.25, 0.3) is 0 Å². The van der Waals surface area contributed by atoms with Gasteiger partial charge in [0, 0.05) is 43.4 Å². The molecule has 0 saturated heterocycles. The van der Waals surface area contributed by atoms with Crippen LogP contribution in [0.25, 0.3) is 10.3 Å². The number of aromatic amines is 1. The van der Waals surface area contributed by atoms with Crippen LogP contribution in [0.1, 0.15) is 42.2 Å². The first-order valence-corrected chi connectivity index (χ1v) is 10.3. The lowest BCUT2D eigenvalue weighted by molar-refractivity contribution is 0.111. The Bertz CT molecular complexity index is 1190. The molecule has 4 aromatic heterocycles. The summed E-state index contributed by atoms with van der Waals surface area (Å²) in [7, 11) is 3.64. The number of hydrogen-bond acceptors (Lipinski definition) is 9. The lowest BCUT2D eigenvalue weighted by atomic mass is 10.3. The minimum atomic E-state index is 0.444. The Morgan fingerprint density at radius 1 is 1.31 bits per heavy atom. The number of H-pyrrole nitrogens is 1. The van der Waals surface area contributed by atoms with E-state index in [-0.39, 0.29) is 0 Å². The van der Waals surface area contributed by atoms with E-state index in [1.165, 1.54) is 22.7 Å². The summed E-state index contributed by atoms with van der Waals surface area (Å²) < 4.78 is 2.70. The van der Waals surface area contributed by atoms with E-state index in [1.54, 1.807) is 22.0 Å². The molecule has 4 rings (SSSR count). The third-order valence-electron chi connectivity index (χ3n) is 4.31. The van der Waals surface area contributed by atoms with Crippen molar-refractivity contribution in [3.63, 3.8) is 0 Å². The topological polar surface area (TPSA) is 109 Å². The SMILES string of the molecule is CN(Cc1csc(C=O)n1)/N=C\c1c(C=O)n(C)c2nc(Cc3ccn[nH]3)sc12. The Kier molecular flexibility index (Phi) is 5.32. The molecule has 9 nitrogen and oxygen atoms in total. The minimum Gasteiger partial charge on any atom is -0.325 e. The molecule has 0 aliphatic rings. The number of aromatic nitrogens is 5. The van der Waals surface area contributed by atoms with Gasteiger partial charge in [0.05, 0.1) is 28.8 Å². The number of rotatable bonds is 8. The van der Waals surface area contributed by atoms with Gasteiger partial charge in [-0.3, -0.25) is 19.7 Å². The predicted molar refractivity (Wildman–Crippen MR) is 112 cm³/mol. The van der Waals surface area contributed by atoms with Gasteiger partial charge in [-0.15, -0.1) is 22.7 Å². The number of nitrogens with zero attached hydrogens (tertiary/aromatic N) is 6. The lowest BCUT2D eigenvalue weighted by Crippen LogP contribution is -2.11. The molecule has 0 aliphatic carbocycles. The normalized spacial score (nSPS) is 11.5. The van der Waals surface area contributed by atoms with Gasteiger partial charge >= 0.3 is 0 Å². The summed E-state index contributed by atoms with van der Waals surface area (Å²) >= 11 is 2.84. The zero-order chi connectivity index (χ0) is 20.4. The molecule has 148 valence electrons. The molecule has 4 aromatic rings. The Balaban J connectivity index is 1.60. The van der Waals surface area contributed by atoms with E-state index < -0.39 is 0 Å². The van der Waals surface area contributed by atoms with Gasteiger partial charge in [-0.1, -0.05) is 0 Å². The predicted octanol–water partition coefficient (Wildman–Crippen LogP) is 2.50. The van der Waals surface area contributed by atoms with Crippen LogP contribution in [0.4, 0.5) is 0 Å². The number of aldehydes is 2. The highest BCUT2D eigenvalue weighted by molar-refractivity contribution is 7.19. The lowest BCUT2D eigenvalue weighted by Gasteiger charge is -2.10. The molecule has 0 amide bonds. The number of aryl methyl sites for hydroxylation is 1. The number of carbonyl (C=O) groups is 2. The molecule has 0 radical (unpaired) electrons. The Morgan fingerprint density at radius 2 is 2.17 bits per heavy atom. The van der Waals surface area contributed by atoms with Gasteiger partial charge in [-0.25, -0.2) is 9.97 Å². The van der Waals surface area contributed by atoms with Gasteiger partial charge < -0.3 is 4.57 Å². The van der Waals surface area contributed by atoms with Crippen LogP contribution in [0.15, 0.2) is 22.7 Å². The van der Waals surface area contributed by atoms with Crippen LogP contribution < -0.4 is 0 Å². The third-order valence-corrected chi connectivity index (χ3v) is 6.21. The van der Waals surface area contributed by atoms with Crippen molar-refractivity contribution in [2.45, 2.75) is 13.0 Å². The van der Waals surface area contributed by atoms with E-state index in [1.807, 2.05) is 25.5 Å². The van der Waals surface area contributed by atoms with Gasteiger partial charge in [-0.2, -0.15) is 10.2 Å². The molecule has 1 N–H and O–H groups in total. The van der Waals surface area contributed by atoms with E-state index in [4.69, 9.17) is 0 Å². The van der Waals surface area contributed by atoms with Crippen molar-refractivity contribution in [1.82, 2.24) is 29.7 Å². The second-order valence-electron chi connectivity index (χ2n) is 6.35. The van der Waals surface area contributed by atoms with Crippen LogP contribution in [-0.4, -0.2) is 55.6 Å². The van der Waals surface area contributed by atoms with E-state index in [9.17, 15) is 9.59 Å². The standard InChI is InChI=1S/C18H17N7O2S2/c1-24(7-12-10-28-16(9-27)21-12)20-6-13-14(8-26)25(2)18-17(13)29-15(22-18)5-11-3-4-19-23-11/h3-4,6,8-10H,5,7H2,1-2H3,(H,19,23)/b20-6-. The van der Waals surface area contributed by atoms with Crippen molar-refractivity contribution in [1.29, 1.82) is 0 Å². The second-order valence-corrected chi connectivity index (χ2v) is 8.32. The highest BCUT2D eigenvalue weighted by atomic mass is 32.1. The average Bonchev–Trinajstić information content (AvgIpc) is 3.48.